The van der Waals surface area contributed by atoms with Crippen LogP contribution in [0.3, 0.4) is 0 Å². The number of H-pyrrole nitrogens is 1. The van der Waals surface area contributed by atoms with Gasteiger partial charge in [0, 0.05) is 25.2 Å². The summed E-state index contributed by atoms with van der Waals surface area (Å²) in [6.45, 7) is 0. The highest BCUT2D eigenvalue weighted by molar-refractivity contribution is 6.21. The van der Waals surface area contributed by atoms with E-state index in [0.717, 1.165) is 18.4 Å². The number of rotatable bonds is 3. The molecule has 1 aliphatic carbocycles. The minimum Gasteiger partial charge on any atom is -0.341 e. The predicted molar refractivity (Wildman–Crippen MR) is 83.0 cm³/mol. The quantitative estimate of drug-likeness (QED) is 0.535. The van der Waals surface area contributed by atoms with Gasteiger partial charge >= 0.3 is 0 Å². The lowest BCUT2D eigenvalue weighted by Crippen LogP contribution is -2.41. The van der Waals surface area contributed by atoms with Gasteiger partial charge in [-0.15, -0.1) is 11.6 Å². The minimum atomic E-state index is -0.403. The van der Waals surface area contributed by atoms with Gasteiger partial charge in [-0.25, -0.2) is 4.98 Å². The van der Waals surface area contributed by atoms with Crippen LogP contribution in [0.4, 0.5) is 11.6 Å². The second-order valence-electron chi connectivity index (χ2n) is 5.50. The Labute approximate surface area is 127 Å². The Kier molecular flexibility index (Phi) is 3.71. The Morgan fingerprint density at radius 3 is 2.90 bits per heavy atom. The van der Waals surface area contributed by atoms with Gasteiger partial charge in [-0.2, -0.15) is 0 Å². The Balaban J connectivity index is 1.91. The summed E-state index contributed by atoms with van der Waals surface area (Å²) in [5, 5.41) is 10.9. The van der Waals surface area contributed by atoms with Gasteiger partial charge in [0.2, 0.25) is 5.95 Å². The van der Waals surface area contributed by atoms with E-state index in [0.29, 0.717) is 11.5 Å². The van der Waals surface area contributed by atoms with Crippen molar-refractivity contribution in [1.82, 2.24) is 9.97 Å². The second-order valence-corrected chi connectivity index (χ2v) is 6.06. The van der Waals surface area contributed by atoms with Crippen molar-refractivity contribution in [3.8, 4) is 0 Å². The molecule has 2 unspecified atom stereocenters. The molecule has 0 aliphatic heterocycles. The molecule has 3 rings (SSSR count). The molecule has 1 fully saturated rings. The van der Waals surface area contributed by atoms with Crippen molar-refractivity contribution in [2.45, 2.75) is 37.1 Å². The van der Waals surface area contributed by atoms with Gasteiger partial charge in [0.05, 0.1) is 21.3 Å². The van der Waals surface area contributed by atoms with Gasteiger partial charge in [0.15, 0.2) is 0 Å². The van der Waals surface area contributed by atoms with E-state index < -0.39 is 4.92 Å². The summed E-state index contributed by atoms with van der Waals surface area (Å²) >= 11 is 6.42. The molecule has 6 nitrogen and oxygen atoms in total. The van der Waals surface area contributed by atoms with E-state index in [1.807, 2.05) is 7.05 Å². The van der Waals surface area contributed by atoms with Gasteiger partial charge in [-0.05, 0) is 18.9 Å². The third-order valence-corrected chi connectivity index (χ3v) is 4.65. The molecule has 1 aromatic heterocycles. The molecule has 2 aromatic rings. The Bertz CT molecular complexity index is 672. The van der Waals surface area contributed by atoms with Gasteiger partial charge in [-0.3, -0.25) is 10.1 Å². The topological polar surface area (TPSA) is 75.1 Å². The van der Waals surface area contributed by atoms with Crippen molar-refractivity contribution in [2.75, 3.05) is 11.9 Å². The fourth-order valence-electron chi connectivity index (χ4n) is 2.92. The van der Waals surface area contributed by atoms with E-state index in [-0.39, 0.29) is 17.1 Å². The number of benzene rings is 1. The molecule has 21 heavy (non-hydrogen) atoms. The van der Waals surface area contributed by atoms with Crippen molar-refractivity contribution < 1.29 is 4.92 Å². The number of nitrogens with one attached hydrogen (secondary N) is 1. The number of nitro benzene ring substituents is 1. The van der Waals surface area contributed by atoms with Gasteiger partial charge < -0.3 is 9.88 Å². The molecule has 0 amide bonds. The lowest BCUT2D eigenvalue weighted by molar-refractivity contribution is -0.384. The fraction of sp³-hybridized carbons (Fsp3) is 0.500. The normalized spacial score (nSPS) is 22.4. The van der Waals surface area contributed by atoms with Crippen LogP contribution in [-0.2, 0) is 0 Å². The molecule has 1 aliphatic rings. The van der Waals surface area contributed by atoms with E-state index in [1.54, 1.807) is 6.07 Å². The Morgan fingerprint density at radius 1 is 1.43 bits per heavy atom. The first kappa shape index (κ1) is 14.1. The highest BCUT2D eigenvalue weighted by atomic mass is 35.5. The summed E-state index contributed by atoms with van der Waals surface area (Å²) in [6.07, 6.45) is 4.40. The summed E-state index contributed by atoms with van der Waals surface area (Å²) < 4.78 is 0. The van der Waals surface area contributed by atoms with E-state index >= 15 is 0 Å². The molecule has 0 saturated heterocycles. The monoisotopic (exact) mass is 308 g/mol. The molecule has 1 heterocycles. The van der Waals surface area contributed by atoms with Crippen molar-refractivity contribution in [2.24, 2.45) is 0 Å². The van der Waals surface area contributed by atoms with Gasteiger partial charge in [0.1, 0.15) is 0 Å². The summed E-state index contributed by atoms with van der Waals surface area (Å²) in [7, 11) is 1.97. The maximum Gasteiger partial charge on any atom is 0.271 e. The van der Waals surface area contributed by atoms with Crippen LogP contribution >= 0.6 is 11.6 Å². The maximum atomic E-state index is 10.8. The number of hydrogen-bond donors (Lipinski definition) is 1. The van der Waals surface area contributed by atoms with Crippen molar-refractivity contribution in [3.05, 3.63) is 28.3 Å². The average Bonchev–Trinajstić information content (AvgIpc) is 2.89. The number of alkyl halides is 1. The smallest absolute Gasteiger partial charge is 0.271 e. The molecule has 0 spiro atoms. The predicted octanol–water partition coefficient (Wildman–Crippen LogP) is 3.46. The standard InChI is InChI=1S/C14H17ClN4O2/c1-18(13-5-3-2-4-10(13)15)14-16-11-7-6-9(19(20)21)8-12(11)17-14/h6-8,10,13H,2-5H2,1H3,(H,16,17). The number of aromatic nitrogens is 2. The number of non-ortho nitro benzene ring substituents is 1. The van der Waals surface area contributed by atoms with E-state index in [2.05, 4.69) is 14.9 Å². The molecule has 1 aromatic carbocycles. The summed E-state index contributed by atoms with van der Waals surface area (Å²) in [5.74, 6) is 0.711. The lowest BCUT2D eigenvalue weighted by Gasteiger charge is -2.34. The van der Waals surface area contributed by atoms with E-state index in [4.69, 9.17) is 11.6 Å². The first-order valence-corrected chi connectivity index (χ1v) is 7.51. The number of imidazole rings is 1. The van der Waals surface area contributed by atoms with Crippen molar-refractivity contribution in [3.63, 3.8) is 0 Å². The highest BCUT2D eigenvalue weighted by Crippen LogP contribution is 2.30. The average molecular weight is 309 g/mol. The number of nitrogens with zero attached hydrogens (tertiary/aromatic N) is 3. The summed E-state index contributed by atoms with van der Waals surface area (Å²) in [6, 6.07) is 4.90. The fourth-order valence-corrected chi connectivity index (χ4v) is 3.37. The number of fused-ring (bicyclic) bond motifs is 1. The van der Waals surface area contributed by atoms with Crippen LogP contribution in [0.2, 0.25) is 0 Å². The van der Waals surface area contributed by atoms with Crippen LogP contribution in [-0.4, -0.2) is 33.4 Å². The first-order valence-electron chi connectivity index (χ1n) is 7.07. The third kappa shape index (κ3) is 2.68. The molecule has 0 bridgehead atoms. The Morgan fingerprint density at radius 2 is 2.19 bits per heavy atom. The van der Waals surface area contributed by atoms with Crippen LogP contribution in [0.5, 0.6) is 0 Å². The Hall–Kier alpha value is -1.82. The molecular formula is C14H17ClN4O2. The zero-order valence-corrected chi connectivity index (χ0v) is 12.5. The van der Waals surface area contributed by atoms with Crippen molar-refractivity contribution >= 4 is 34.3 Å². The van der Waals surface area contributed by atoms with E-state index in [9.17, 15) is 10.1 Å². The number of halogens is 1. The molecule has 0 radical (unpaired) electrons. The molecule has 1 saturated carbocycles. The van der Waals surface area contributed by atoms with Gasteiger partial charge in [0.25, 0.3) is 5.69 Å². The number of aromatic amines is 1. The zero-order valence-electron chi connectivity index (χ0n) is 11.8. The molecular weight excluding hydrogens is 292 g/mol. The molecule has 2 atom stereocenters. The summed E-state index contributed by atoms with van der Waals surface area (Å²) in [4.78, 5) is 20.1. The van der Waals surface area contributed by atoms with Gasteiger partial charge in [-0.1, -0.05) is 12.8 Å². The van der Waals surface area contributed by atoms with Crippen LogP contribution in [0.15, 0.2) is 18.2 Å². The summed E-state index contributed by atoms with van der Waals surface area (Å²) in [5.41, 5.74) is 1.46. The van der Waals surface area contributed by atoms with E-state index in [1.165, 1.54) is 25.0 Å². The maximum absolute atomic E-state index is 10.8. The van der Waals surface area contributed by atoms with Crippen molar-refractivity contribution in [1.29, 1.82) is 0 Å². The van der Waals surface area contributed by atoms with Crippen LogP contribution < -0.4 is 4.90 Å². The van der Waals surface area contributed by atoms with Crippen LogP contribution in [0.25, 0.3) is 11.0 Å². The first-order chi connectivity index (χ1) is 10.1. The molecule has 112 valence electrons. The number of anilines is 1. The number of nitro groups is 1. The highest BCUT2D eigenvalue weighted by Gasteiger charge is 2.28. The van der Waals surface area contributed by atoms with Crippen LogP contribution in [0, 0.1) is 10.1 Å². The second kappa shape index (κ2) is 5.52. The third-order valence-electron chi connectivity index (χ3n) is 4.14. The minimum absolute atomic E-state index is 0.0632. The SMILES string of the molecule is CN(c1nc2ccc([N+](=O)[O-])cc2[nH]1)C1CCCCC1Cl. The van der Waals surface area contributed by atoms with Crippen LogP contribution in [0.1, 0.15) is 25.7 Å². The zero-order chi connectivity index (χ0) is 15.0. The molecule has 1 N–H and O–H groups in total. The number of hydrogen-bond acceptors (Lipinski definition) is 4. The molecule has 7 heteroatoms. The largest absolute Gasteiger partial charge is 0.341 e. The lowest BCUT2D eigenvalue weighted by atomic mass is 9.94.